The van der Waals surface area contributed by atoms with Crippen LogP contribution in [0.1, 0.15) is 62.9 Å². The highest BCUT2D eigenvalue weighted by molar-refractivity contribution is 6.36. The number of nitrogens with one attached hydrogen (secondary N) is 4. The average Bonchev–Trinajstić information content (AvgIpc) is 3.64. The third-order valence-electron chi connectivity index (χ3n) is 6.83. The van der Waals surface area contributed by atoms with Gasteiger partial charge in [0, 0.05) is 32.3 Å². The van der Waals surface area contributed by atoms with E-state index in [0.29, 0.717) is 12.5 Å². The third-order valence-corrected chi connectivity index (χ3v) is 6.83. The van der Waals surface area contributed by atoms with Crippen molar-refractivity contribution in [2.45, 2.75) is 71.0 Å². The van der Waals surface area contributed by atoms with Crippen molar-refractivity contribution in [1.29, 1.82) is 0 Å². The Hall–Kier alpha value is -4.29. The molecule has 4 N–H and O–H groups in total. The number of imidazole rings is 1. The number of ketones is 1. The van der Waals surface area contributed by atoms with Gasteiger partial charge in [-0.2, -0.15) is 0 Å². The molecule has 1 aliphatic carbocycles. The van der Waals surface area contributed by atoms with Crippen LogP contribution in [0.3, 0.4) is 0 Å². The molecule has 2 aromatic heterocycles. The number of hydrogen-bond donors (Lipinski definition) is 4. The minimum Gasteiger partial charge on any atom is -0.354 e. The molecule has 0 spiro atoms. The molecule has 0 saturated heterocycles. The Morgan fingerprint density at radius 3 is 2.48 bits per heavy atom. The molecule has 4 amide bonds. The van der Waals surface area contributed by atoms with Crippen LogP contribution >= 0.6 is 0 Å². The van der Waals surface area contributed by atoms with E-state index in [1.165, 1.54) is 40.0 Å². The van der Waals surface area contributed by atoms with Crippen molar-refractivity contribution in [2.24, 2.45) is 13.0 Å². The van der Waals surface area contributed by atoms with Gasteiger partial charge in [-0.05, 0) is 37.3 Å². The monoisotopic (exact) mass is 555 g/mol. The topological polar surface area (TPSA) is 173 Å². The van der Waals surface area contributed by atoms with Crippen LogP contribution in [0.4, 0.5) is 5.69 Å². The molecule has 216 valence electrons. The summed E-state index contributed by atoms with van der Waals surface area (Å²) in [5.74, 6) is -2.79. The Morgan fingerprint density at radius 2 is 1.85 bits per heavy atom. The van der Waals surface area contributed by atoms with Crippen LogP contribution in [0.25, 0.3) is 0 Å². The van der Waals surface area contributed by atoms with E-state index in [1.807, 2.05) is 13.8 Å². The number of aromatic nitrogens is 3. The fourth-order valence-corrected chi connectivity index (χ4v) is 3.98. The number of carbonyl (C=O) groups excluding carboxylic acids is 5. The summed E-state index contributed by atoms with van der Waals surface area (Å²) in [7, 11) is 1.61. The molecule has 1 atom stereocenters. The quantitative estimate of drug-likeness (QED) is 0.232. The number of Topliss-reactive ketones (excluding diaryl/α,β-unsaturated/α-hetero) is 1. The summed E-state index contributed by atoms with van der Waals surface area (Å²) in [6.07, 6.45) is 7.20. The standard InChI is InChI=1S/C27H37N7O6/c1-4-17(5-2)13-29-23(36)15-34-12-6-7-20(27(34)40)32-24(37)19(31-25(38)21-14-28-16-33(21)3)10-11-22(35)26(39)30-18-8-9-18/h6-7,12,14,16-19H,4-5,8-11,13,15H2,1-3H3,(H,29,36)(H,30,39)(H,31,38)(H,32,37). The number of rotatable bonds is 15. The molecule has 13 heteroatoms. The number of anilines is 1. The number of pyridine rings is 1. The lowest BCUT2D eigenvalue weighted by Crippen LogP contribution is -2.46. The van der Waals surface area contributed by atoms with Crippen molar-refractivity contribution < 1.29 is 24.0 Å². The highest BCUT2D eigenvalue weighted by atomic mass is 16.2. The fraction of sp³-hybridized carbons (Fsp3) is 0.519. The molecule has 0 bridgehead atoms. The van der Waals surface area contributed by atoms with Crippen molar-refractivity contribution in [3.63, 3.8) is 0 Å². The molecule has 0 radical (unpaired) electrons. The lowest BCUT2D eigenvalue weighted by Gasteiger charge is -2.18. The Bertz CT molecular complexity index is 1290. The van der Waals surface area contributed by atoms with E-state index in [9.17, 15) is 28.8 Å². The predicted octanol–water partition coefficient (Wildman–Crippen LogP) is 0.499. The molecule has 40 heavy (non-hydrogen) atoms. The number of hydrogen-bond acceptors (Lipinski definition) is 7. The van der Waals surface area contributed by atoms with Crippen LogP contribution in [-0.4, -0.2) is 62.2 Å². The largest absolute Gasteiger partial charge is 0.354 e. The van der Waals surface area contributed by atoms with Crippen LogP contribution in [0, 0.1) is 5.92 Å². The number of nitrogens with zero attached hydrogens (tertiary/aromatic N) is 3. The average molecular weight is 556 g/mol. The second-order valence-corrected chi connectivity index (χ2v) is 9.96. The smallest absolute Gasteiger partial charge is 0.287 e. The maximum absolute atomic E-state index is 13.2. The second-order valence-electron chi connectivity index (χ2n) is 9.96. The lowest BCUT2D eigenvalue weighted by molar-refractivity contribution is -0.138. The van der Waals surface area contributed by atoms with Gasteiger partial charge in [-0.1, -0.05) is 26.7 Å². The molecule has 2 aromatic rings. The van der Waals surface area contributed by atoms with Gasteiger partial charge in [-0.15, -0.1) is 0 Å². The van der Waals surface area contributed by atoms with Crippen molar-refractivity contribution in [1.82, 2.24) is 30.1 Å². The highest BCUT2D eigenvalue weighted by Gasteiger charge is 2.29. The number of aryl methyl sites for hydroxylation is 1. The van der Waals surface area contributed by atoms with E-state index < -0.39 is 35.1 Å². The van der Waals surface area contributed by atoms with Crippen LogP contribution in [-0.2, 0) is 32.8 Å². The van der Waals surface area contributed by atoms with Crippen LogP contribution in [0.15, 0.2) is 35.6 Å². The van der Waals surface area contributed by atoms with Gasteiger partial charge in [-0.3, -0.25) is 28.8 Å². The van der Waals surface area contributed by atoms with Gasteiger partial charge in [0.15, 0.2) is 0 Å². The SMILES string of the molecule is CCC(CC)CNC(=O)Cn1cccc(NC(=O)C(CCC(=O)C(=O)NC2CC2)NC(=O)c2cncn2C)c1=O. The van der Waals surface area contributed by atoms with Gasteiger partial charge in [0.25, 0.3) is 17.4 Å². The van der Waals surface area contributed by atoms with Crippen molar-refractivity contribution in [3.8, 4) is 0 Å². The van der Waals surface area contributed by atoms with Gasteiger partial charge in [-0.25, -0.2) is 4.98 Å². The summed E-state index contributed by atoms with van der Waals surface area (Å²) in [5.41, 5.74) is -0.528. The van der Waals surface area contributed by atoms with Crippen LogP contribution in [0.5, 0.6) is 0 Å². The molecule has 1 unspecified atom stereocenters. The first kappa shape index (κ1) is 30.3. The van der Waals surface area contributed by atoms with E-state index >= 15 is 0 Å². The summed E-state index contributed by atoms with van der Waals surface area (Å²) in [6.45, 7) is 4.37. The predicted molar refractivity (Wildman–Crippen MR) is 146 cm³/mol. The molecule has 0 aromatic carbocycles. The van der Waals surface area contributed by atoms with Gasteiger partial charge in [0.2, 0.25) is 17.6 Å². The Morgan fingerprint density at radius 1 is 1.12 bits per heavy atom. The molecule has 0 aliphatic heterocycles. The Balaban J connectivity index is 1.69. The minimum absolute atomic E-state index is 0.00198. The van der Waals surface area contributed by atoms with E-state index in [-0.39, 0.29) is 42.7 Å². The van der Waals surface area contributed by atoms with E-state index in [2.05, 4.69) is 26.3 Å². The zero-order valence-electron chi connectivity index (χ0n) is 23.1. The zero-order chi connectivity index (χ0) is 29.2. The normalized spacial score (nSPS) is 13.4. The van der Waals surface area contributed by atoms with Crippen LogP contribution < -0.4 is 26.8 Å². The summed E-state index contributed by atoms with van der Waals surface area (Å²) in [5, 5.41) is 10.5. The summed E-state index contributed by atoms with van der Waals surface area (Å²) in [6, 6.07) is 1.66. The molecule has 1 aliphatic rings. The second kappa shape index (κ2) is 14.2. The first-order valence-electron chi connectivity index (χ1n) is 13.5. The summed E-state index contributed by atoms with van der Waals surface area (Å²) in [4.78, 5) is 79.7. The maximum Gasteiger partial charge on any atom is 0.287 e. The van der Waals surface area contributed by atoms with Gasteiger partial charge in [0.05, 0.1) is 12.5 Å². The van der Waals surface area contributed by atoms with Gasteiger partial charge >= 0.3 is 0 Å². The Kier molecular flexibility index (Phi) is 10.7. The van der Waals surface area contributed by atoms with E-state index in [4.69, 9.17) is 0 Å². The maximum atomic E-state index is 13.2. The van der Waals surface area contributed by atoms with Crippen LogP contribution in [0.2, 0.25) is 0 Å². The first-order chi connectivity index (χ1) is 19.1. The lowest BCUT2D eigenvalue weighted by atomic mass is 10.0. The molecular weight excluding hydrogens is 518 g/mol. The first-order valence-corrected chi connectivity index (χ1v) is 13.5. The molecule has 2 heterocycles. The van der Waals surface area contributed by atoms with Gasteiger partial charge in [0.1, 0.15) is 24.0 Å². The molecule has 13 nitrogen and oxygen atoms in total. The number of amides is 4. The van der Waals surface area contributed by atoms with E-state index in [1.54, 1.807) is 7.05 Å². The summed E-state index contributed by atoms with van der Waals surface area (Å²) >= 11 is 0. The van der Waals surface area contributed by atoms with E-state index in [0.717, 1.165) is 25.7 Å². The number of carbonyl (C=O) groups is 5. The zero-order valence-corrected chi connectivity index (χ0v) is 23.1. The van der Waals surface area contributed by atoms with Crippen molar-refractivity contribution >= 4 is 35.1 Å². The summed E-state index contributed by atoms with van der Waals surface area (Å²) < 4.78 is 2.63. The highest BCUT2D eigenvalue weighted by Crippen LogP contribution is 2.18. The fourth-order valence-electron chi connectivity index (χ4n) is 3.98. The molecule has 1 fully saturated rings. The molecule has 3 rings (SSSR count). The minimum atomic E-state index is -1.24. The van der Waals surface area contributed by atoms with Crippen molar-refractivity contribution in [2.75, 3.05) is 11.9 Å². The molecule has 1 saturated carbocycles. The third kappa shape index (κ3) is 8.61. The van der Waals surface area contributed by atoms with Gasteiger partial charge < -0.3 is 30.4 Å². The molecular formula is C27H37N7O6. The Labute approximate surface area is 232 Å². The van der Waals surface area contributed by atoms with Crippen molar-refractivity contribution in [3.05, 3.63) is 46.9 Å².